The molecule has 0 spiro atoms. The van der Waals surface area contributed by atoms with Crippen LogP contribution in [0.2, 0.25) is 0 Å². The summed E-state index contributed by atoms with van der Waals surface area (Å²) in [5.41, 5.74) is 6.94. The molecule has 4 saturated heterocycles. The second-order valence-electron chi connectivity index (χ2n) is 20.1. The van der Waals surface area contributed by atoms with Crippen LogP contribution in [0.5, 0.6) is 11.8 Å². The van der Waals surface area contributed by atoms with E-state index in [9.17, 15) is 40.7 Å². The zero-order valence-electron chi connectivity index (χ0n) is 42.6. The summed E-state index contributed by atoms with van der Waals surface area (Å²) >= 11 is 0. The molecule has 0 saturated carbocycles. The molecule has 4 aromatic rings. The number of pyridine rings is 2. The van der Waals surface area contributed by atoms with Crippen molar-refractivity contribution in [2.24, 2.45) is 11.8 Å². The van der Waals surface area contributed by atoms with E-state index in [2.05, 4.69) is 45.9 Å². The second kappa shape index (κ2) is 22.5. The number of halogens is 6. The fourth-order valence-corrected chi connectivity index (χ4v) is 8.97. The van der Waals surface area contributed by atoms with Crippen LogP contribution in [-0.4, -0.2) is 149 Å². The number of nitrogen functional groups attached to an aromatic ring is 1. The van der Waals surface area contributed by atoms with E-state index in [4.69, 9.17) is 34.2 Å². The molecule has 0 unspecified atom stereocenters. The molecule has 6 aliphatic rings. The van der Waals surface area contributed by atoms with Crippen molar-refractivity contribution in [3.05, 3.63) is 59.9 Å². The third kappa shape index (κ3) is 14.0. The predicted molar refractivity (Wildman–Crippen MR) is 262 cm³/mol. The first-order valence-corrected chi connectivity index (χ1v) is 24.7. The standard InChI is InChI=1S/C25H29F3N6O5.C14H16F3N3O.C10H15N3O3/c1-14(25(26,27)28)10-19(35)17-4-5-18-22(29-17)34(15-8-9-33(18)11-15)23(36)30-20-6-7-21(32-31-20)37-12-16-13-38-24(2,3)39-16;1-8(14(15,16)17)6-12(21)10-2-3-11-13(19-10)18-9-4-5-20(11)7-9;1-10(2)15-6-7(16-10)5-14-9-4-3-8(11)12-13-9/h4-7,14-16H,8-13H2,1-3H3,(H,30,31,36);2-3,8-9H,4-7H2,1H3,(H,18,19);3-4,7H,5-6H2,1-2H3,(H2,11,12)/t14-,15-,16-;8-,9-;7-/m000/s1. The molecule has 0 aliphatic carbocycles. The van der Waals surface area contributed by atoms with Gasteiger partial charge in [-0.05, 0) is 76.9 Å². The number of anilines is 6. The molecular formula is C49H60F6N12O9. The fourth-order valence-electron chi connectivity index (χ4n) is 8.97. The lowest BCUT2D eigenvalue weighted by molar-refractivity contribution is -0.169. The Kier molecular flexibility index (Phi) is 16.4. The average Bonchev–Trinajstić information content (AvgIpc) is 4.15. The van der Waals surface area contributed by atoms with Crippen molar-refractivity contribution >= 4 is 52.2 Å². The molecule has 4 bridgehead atoms. The van der Waals surface area contributed by atoms with Crippen LogP contribution in [-0.2, 0) is 18.9 Å². The number of nitrogens with two attached hydrogens (primary N) is 1. The van der Waals surface area contributed by atoms with Gasteiger partial charge in [-0.3, -0.25) is 19.8 Å². The first kappa shape index (κ1) is 55.5. The summed E-state index contributed by atoms with van der Waals surface area (Å²) in [5.74, 6) is -3.92. The number of amides is 2. The Morgan fingerprint density at radius 1 is 0.724 bits per heavy atom. The number of ether oxygens (including phenoxy) is 6. The largest absolute Gasteiger partial charge is 0.474 e. The highest BCUT2D eigenvalue weighted by atomic mass is 19.4. The number of aromatic nitrogens is 6. The van der Waals surface area contributed by atoms with Crippen molar-refractivity contribution in [1.29, 1.82) is 0 Å². The van der Waals surface area contributed by atoms with E-state index in [1.165, 1.54) is 23.1 Å². The Labute approximate surface area is 433 Å². The lowest BCUT2D eigenvalue weighted by Crippen LogP contribution is -2.48. The van der Waals surface area contributed by atoms with Gasteiger partial charge in [-0.2, -0.15) is 26.3 Å². The smallest absolute Gasteiger partial charge is 0.391 e. The molecular weight excluding hydrogens is 1010 g/mol. The monoisotopic (exact) mass is 1070 g/mol. The lowest BCUT2D eigenvalue weighted by atomic mass is 10.0. The van der Waals surface area contributed by atoms with Crippen LogP contribution < -0.4 is 40.5 Å². The molecule has 76 heavy (non-hydrogen) atoms. The van der Waals surface area contributed by atoms with Crippen molar-refractivity contribution in [1.82, 2.24) is 30.4 Å². The Morgan fingerprint density at radius 3 is 1.79 bits per heavy atom. The fraction of sp³-hybridized carbons (Fsp3) is 0.571. The van der Waals surface area contributed by atoms with E-state index in [0.717, 1.165) is 39.0 Å². The minimum Gasteiger partial charge on any atom is -0.474 e. The van der Waals surface area contributed by atoms with Gasteiger partial charge in [0.15, 0.2) is 40.6 Å². The predicted octanol–water partition coefficient (Wildman–Crippen LogP) is 7.25. The van der Waals surface area contributed by atoms with Gasteiger partial charge in [0.25, 0.3) is 0 Å². The summed E-state index contributed by atoms with van der Waals surface area (Å²) in [6, 6.07) is 12.3. The number of fused-ring (bicyclic) bond motifs is 8. The molecule has 2 amide bonds. The van der Waals surface area contributed by atoms with E-state index in [1.807, 2.05) is 32.6 Å². The number of nitrogens with zero attached hydrogens (tertiary/aromatic N) is 9. The van der Waals surface area contributed by atoms with Gasteiger partial charge >= 0.3 is 18.4 Å². The Hall–Kier alpha value is -6.71. The average molecular weight is 1080 g/mol. The zero-order chi connectivity index (χ0) is 54.7. The van der Waals surface area contributed by atoms with Crippen molar-refractivity contribution in [2.75, 3.05) is 83.7 Å². The first-order valence-electron chi connectivity index (χ1n) is 24.7. The number of nitrogens with one attached hydrogen (secondary N) is 2. The third-order valence-electron chi connectivity index (χ3n) is 13.1. The molecule has 0 radical (unpaired) electrons. The van der Waals surface area contributed by atoms with Crippen molar-refractivity contribution < 1.29 is 69.1 Å². The molecule has 412 valence electrons. The molecule has 21 nitrogen and oxygen atoms in total. The third-order valence-corrected chi connectivity index (χ3v) is 13.1. The lowest BCUT2D eigenvalue weighted by Gasteiger charge is -2.35. The van der Waals surface area contributed by atoms with Gasteiger partial charge in [0.05, 0.1) is 42.5 Å². The van der Waals surface area contributed by atoms with Gasteiger partial charge in [0.2, 0.25) is 11.8 Å². The van der Waals surface area contributed by atoms with E-state index < -0.39 is 66.2 Å². The number of Topliss-reactive ketones (excluding diaryl/α,β-unsaturated/α-hetero) is 2. The van der Waals surface area contributed by atoms with Gasteiger partial charge in [-0.25, -0.2) is 14.8 Å². The molecule has 10 heterocycles. The van der Waals surface area contributed by atoms with Gasteiger partial charge in [-0.15, -0.1) is 20.4 Å². The first-order chi connectivity index (χ1) is 35.8. The van der Waals surface area contributed by atoms with E-state index in [-0.39, 0.29) is 53.8 Å². The van der Waals surface area contributed by atoms with E-state index in [0.29, 0.717) is 68.6 Å². The van der Waals surface area contributed by atoms with Gasteiger partial charge in [0, 0.05) is 57.2 Å². The van der Waals surface area contributed by atoms with Crippen LogP contribution in [0, 0.1) is 11.8 Å². The SMILES string of the molecule is CC1(C)OC[C@H](COc2ccc(N)nn2)O1.C[C@@H](CC(=O)c1ccc2c(n1)N(C(=O)Nc1ccc(OC[C@H]3COC(C)(C)O3)nn1)[C@H]1CCN2C1)C(F)(F)F.C[C@@H](CC(=O)c1ccc2c(n1)N[C@H]1CCN2C1)C(F)(F)F. The maximum absolute atomic E-state index is 13.3. The molecule has 27 heteroatoms. The number of carbonyl (C=O) groups is 3. The minimum atomic E-state index is -4.49. The maximum atomic E-state index is 13.3. The summed E-state index contributed by atoms with van der Waals surface area (Å²) in [6.45, 7) is 14.0. The van der Waals surface area contributed by atoms with E-state index in [1.54, 1.807) is 30.3 Å². The summed E-state index contributed by atoms with van der Waals surface area (Å²) in [5, 5.41) is 21.4. The Bertz CT molecular complexity index is 2700. The number of alkyl halides is 6. The normalized spacial score (nSPS) is 22.4. The number of rotatable bonds is 13. The van der Waals surface area contributed by atoms with Gasteiger partial charge in [-0.1, -0.05) is 13.8 Å². The number of urea groups is 1. The van der Waals surface area contributed by atoms with Crippen LogP contribution in [0.4, 0.5) is 65.8 Å². The van der Waals surface area contributed by atoms with Crippen LogP contribution in [0.25, 0.3) is 0 Å². The van der Waals surface area contributed by atoms with Crippen LogP contribution in [0.1, 0.15) is 88.2 Å². The molecule has 0 aromatic carbocycles. The molecule has 4 aromatic heterocycles. The van der Waals surface area contributed by atoms with Crippen LogP contribution in [0.3, 0.4) is 0 Å². The maximum Gasteiger partial charge on any atom is 0.391 e. The highest BCUT2D eigenvalue weighted by Gasteiger charge is 2.43. The van der Waals surface area contributed by atoms with Gasteiger partial charge < -0.3 is 49.3 Å². The second-order valence-corrected chi connectivity index (χ2v) is 20.1. The number of hydrogen-bond donors (Lipinski definition) is 3. The van der Waals surface area contributed by atoms with Crippen molar-refractivity contribution in [3.8, 4) is 11.8 Å². The summed E-state index contributed by atoms with van der Waals surface area (Å²) in [7, 11) is 0. The number of ketones is 2. The molecule has 10 rings (SSSR count). The Morgan fingerprint density at radius 2 is 1.26 bits per heavy atom. The van der Waals surface area contributed by atoms with Crippen molar-refractivity contribution in [2.45, 2.75) is 115 Å². The van der Waals surface area contributed by atoms with Crippen molar-refractivity contribution in [3.63, 3.8) is 0 Å². The van der Waals surface area contributed by atoms with Crippen LogP contribution >= 0.6 is 0 Å². The summed E-state index contributed by atoms with van der Waals surface area (Å²) < 4.78 is 110. The zero-order valence-corrected chi connectivity index (χ0v) is 42.6. The quantitative estimate of drug-likeness (QED) is 0.0882. The number of carbonyl (C=O) groups excluding carboxylic acids is 3. The van der Waals surface area contributed by atoms with Crippen LogP contribution in [0.15, 0.2) is 48.5 Å². The highest BCUT2D eigenvalue weighted by Crippen LogP contribution is 2.40. The Balaban J connectivity index is 0.000000172. The highest BCUT2D eigenvalue weighted by molar-refractivity contribution is 6.05. The topological polar surface area (TPSA) is 244 Å². The number of hydrogen-bond acceptors (Lipinski definition) is 19. The molecule has 6 atom stereocenters. The molecule has 4 N–H and O–H groups in total. The van der Waals surface area contributed by atoms with E-state index >= 15 is 0 Å². The summed E-state index contributed by atoms with van der Waals surface area (Å²) in [6.07, 6.45) is -8.78. The summed E-state index contributed by atoms with van der Waals surface area (Å²) in [4.78, 5) is 52.1. The molecule has 4 fully saturated rings. The molecule has 6 aliphatic heterocycles. The van der Waals surface area contributed by atoms with Gasteiger partial charge in [0.1, 0.15) is 42.6 Å². The minimum absolute atomic E-state index is 0.0747.